The summed E-state index contributed by atoms with van der Waals surface area (Å²) in [5.41, 5.74) is 0.268. The largest absolute Gasteiger partial charge is 0.389 e. The molecule has 1 fully saturated rings. The molecule has 1 N–H and O–H groups in total. The molecule has 1 saturated carbocycles. The topological polar surface area (TPSA) is 49.8 Å². The third-order valence-corrected chi connectivity index (χ3v) is 3.72. The number of Topliss-reactive ketones (excluding diaryl/α,β-unsaturated/α-hetero) is 1. The van der Waals surface area contributed by atoms with Crippen molar-refractivity contribution in [2.75, 3.05) is 33.9 Å². The lowest BCUT2D eigenvalue weighted by atomic mass is 9.71. The first kappa shape index (κ1) is 15.6. The smallest absolute Gasteiger partial charge is 0.137 e. The zero-order valence-corrected chi connectivity index (χ0v) is 12.1. The highest BCUT2D eigenvalue weighted by atomic mass is 16.5. The Morgan fingerprint density at radius 3 is 2.83 bits per heavy atom. The number of hydrogen-bond donors (Lipinski definition) is 1. The van der Waals surface area contributed by atoms with Crippen LogP contribution in [-0.4, -0.2) is 55.7 Å². The van der Waals surface area contributed by atoms with Gasteiger partial charge in [-0.2, -0.15) is 0 Å². The van der Waals surface area contributed by atoms with Crippen molar-refractivity contribution in [3.63, 3.8) is 0 Å². The van der Waals surface area contributed by atoms with Crippen molar-refractivity contribution in [2.24, 2.45) is 11.3 Å². The van der Waals surface area contributed by atoms with Crippen molar-refractivity contribution >= 4 is 5.78 Å². The fraction of sp³-hybridized carbons (Fsp3) is 0.929. The number of aliphatic hydroxyl groups is 1. The maximum Gasteiger partial charge on any atom is 0.137 e. The number of likely N-dealkylation sites (N-methyl/N-ethyl adjacent to an activating group) is 1. The van der Waals surface area contributed by atoms with Gasteiger partial charge in [0.25, 0.3) is 0 Å². The van der Waals surface area contributed by atoms with Gasteiger partial charge in [0.1, 0.15) is 5.78 Å². The maximum atomic E-state index is 11.9. The number of methoxy groups -OCH3 is 1. The third kappa shape index (κ3) is 5.04. The van der Waals surface area contributed by atoms with Crippen LogP contribution >= 0.6 is 0 Å². The van der Waals surface area contributed by atoms with Gasteiger partial charge in [-0.05, 0) is 25.3 Å². The quantitative estimate of drug-likeness (QED) is 0.779. The molecule has 4 nitrogen and oxygen atoms in total. The molecule has 0 amide bonds. The molecule has 2 atom stereocenters. The van der Waals surface area contributed by atoms with Crippen LogP contribution in [0.25, 0.3) is 0 Å². The van der Waals surface area contributed by atoms with Crippen molar-refractivity contribution in [3.05, 3.63) is 0 Å². The van der Waals surface area contributed by atoms with E-state index in [2.05, 4.69) is 13.8 Å². The summed E-state index contributed by atoms with van der Waals surface area (Å²) in [6, 6.07) is 0. The molecule has 4 heteroatoms. The molecule has 0 aromatic rings. The maximum absolute atomic E-state index is 11.9. The molecule has 0 bridgehead atoms. The Balaban J connectivity index is 2.42. The number of ketones is 1. The van der Waals surface area contributed by atoms with E-state index in [-0.39, 0.29) is 11.3 Å². The normalized spacial score (nSPS) is 25.4. The van der Waals surface area contributed by atoms with Gasteiger partial charge in [0, 0.05) is 32.5 Å². The van der Waals surface area contributed by atoms with Gasteiger partial charge in [-0.3, -0.25) is 4.79 Å². The lowest BCUT2D eigenvalue weighted by molar-refractivity contribution is -0.127. The minimum absolute atomic E-state index is 0.119. The van der Waals surface area contributed by atoms with E-state index in [4.69, 9.17) is 4.74 Å². The zero-order chi connectivity index (χ0) is 13.8. The molecular formula is C14H27NO3. The molecular weight excluding hydrogens is 230 g/mol. The number of hydrogen-bond acceptors (Lipinski definition) is 4. The molecule has 0 aromatic heterocycles. The van der Waals surface area contributed by atoms with Gasteiger partial charge in [-0.15, -0.1) is 0 Å². The van der Waals surface area contributed by atoms with Crippen LogP contribution in [0.15, 0.2) is 0 Å². The standard InChI is InChI=1S/C14H27NO3/c1-14(2)6-5-13(17)11(7-14)8-15(3)9-12(16)10-18-4/h11-12,16H,5-10H2,1-4H3. The molecule has 106 valence electrons. The summed E-state index contributed by atoms with van der Waals surface area (Å²) in [5.74, 6) is 0.496. The molecule has 2 unspecified atom stereocenters. The Hall–Kier alpha value is -0.450. The Bertz CT molecular complexity index is 278. The van der Waals surface area contributed by atoms with Gasteiger partial charge in [-0.1, -0.05) is 13.8 Å². The molecule has 1 aliphatic rings. The number of carbonyl (C=O) groups is 1. The summed E-state index contributed by atoms with van der Waals surface area (Å²) in [5, 5.41) is 9.67. The van der Waals surface area contributed by atoms with E-state index in [0.29, 0.717) is 25.4 Å². The minimum atomic E-state index is -0.480. The molecule has 0 saturated heterocycles. The Kier molecular flexibility index (Phi) is 5.76. The summed E-state index contributed by atoms with van der Waals surface area (Å²) >= 11 is 0. The fourth-order valence-corrected chi connectivity index (χ4v) is 2.77. The van der Waals surface area contributed by atoms with Crippen LogP contribution in [0, 0.1) is 11.3 Å². The molecule has 0 aliphatic heterocycles. The molecule has 0 radical (unpaired) electrons. The van der Waals surface area contributed by atoms with Crippen LogP contribution in [0.2, 0.25) is 0 Å². The fourth-order valence-electron chi connectivity index (χ4n) is 2.77. The molecule has 1 aliphatic carbocycles. The average molecular weight is 257 g/mol. The van der Waals surface area contributed by atoms with Crippen LogP contribution in [0.4, 0.5) is 0 Å². The van der Waals surface area contributed by atoms with E-state index in [1.807, 2.05) is 11.9 Å². The summed E-state index contributed by atoms with van der Waals surface area (Å²) in [6.45, 7) is 6.09. The monoisotopic (exact) mass is 257 g/mol. The van der Waals surface area contributed by atoms with Gasteiger partial charge in [0.05, 0.1) is 12.7 Å². The van der Waals surface area contributed by atoms with E-state index < -0.39 is 6.10 Å². The lowest BCUT2D eigenvalue weighted by Crippen LogP contribution is -2.40. The number of aliphatic hydroxyl groups excluding tert-OH is 1. The summed E-state index contributed by atoms with van der Waals surface area (Å²) in [7, 11) is 3.53. The second kappa shape index (κ2) is 6.64. The van der Waals surface area contributed by atoms with Gasteiger partial charge >= 0.3 is 0 Å². The predicted octanol–water partition coefficient (Wildman–Crippen LogP) is 1.32. The van der Waals surface area contributed by atoms with Crippen LogP contribution in [0.5, 0.6) is 0 Å². The summed E-state index contributed by atoms with van der Waals surface area (Å²) in [6.07, 6.45) is 2.17. The predicted molar refractivity (Wildman–Crippen MR) is 71.5 cm³/mol. The Morgan fingerprint density at radius 1 is 1.56 bits per heavy atom. The van der Waals surface area contributed by atoms with Crippen LogP contribution in [-0.2, 0) is 9.53 Å². The SMILES string of the molecule is COCC(O)CN(C)CC1CC(C)(C)CCC1=O. The van der Waals surface area contributed by atoms with Gasteiger partial charge in [-0.25, -0.2) is 0 Å². The van der Waals surface area contributed by atoms with Crippen molar-refractivity contribution in [1.29, 1.82) is 0 Å². The number of ether oxygens (including phenoxy) is 1. The molecule has 1 rings (SSSR count). The Labute approximate surface area is 110 Å². The van der Waals surface area contributed by atoms with Crippen LogP contribution < -0.4 is 0 Å². The molecule has 0 aromatic carbocycles. The van der Waals surface area contributed by atoms with E-state index in [9.17, 15) is 9.90 Å². The highest BCUT2D eigenvalue weighted by Gasteiger charge is 2.34. The number of carbonyl (C=O) groups excluding carboxylic acids is 1. The third-order valence-electron chi connectivity index (χ3n) is 3.72. The van der Waals surface area contributed by atoms with Crippen molar-refractivity contribution in [3.8, 4) is 0 Å². The van der Waals surface area contributed by atoms with E-state index in [1.54, 1.807) is 7.11 Å². The summed E-state index contributed by atoms with van der Waals surface area (Å²) < 4.78 is 4.91. The highest BCUT2D eigenvalue weighted by Crippen LogP contribution is 2.36. The van der Waals surface area contributed by atoms with Gasteiger partial charge in [0.2, 0.25) is 0 Å². The van der Waals surface area contributed by atoms with E-state index in [0.717, 1.165) is 19.4 Å². The molecule has 0 heterocycles. The van der Waals surface area contributed by atoms with Crippen LogP contribution in [0.3, 0.4) is 0 Å². The highest BCUT2D eigenvalue weighted by molar-refractivity contribution is 5.82. The lowest BCUT2D eigenvalue weighted by Gasteiger charge is -2.36. The van der Waals surface area contributed by atoms with E-state index >= 15 is 0 Å². The summed E-state index contributed by atoms with van der Waals surface area (Å²) in [4.78, 5) is 14.0. The second-order valence-electron chi connectivity index (χ2n) is 6.36. The Morgan fingerprint density at radius 2 is 2.22 bits per heavy atom. The first-order valence-corrected chi connectivity index (χ1v) is 6.72. The van der Waals surface area contributed by atoms with Crippen molar-refractivity contribution in [2.45, 2.75) is 39.2 Å². The first-order chi connectivity index (χ1) is 8.34. The zero-order valence-electron chi connectivity index (χ0n) is 12.1. The molecule has 0 spiro atoms. The average Bonchev–Trinajstić information content (AvgIpc) is 2.23. The van der Waals surface area contributed by atoms with Crippen molar-refractivity contribution in [1.82, 2.24) is 4.90 Å². The number of nitrogens with zero attached hydrogens (tertiary/aromatic N) is 1. The van der Waals surface area contributed by atoms with Gasteiger partial charge < -0.3 is 14.7 Å². The van der Waals surface area contributed by atoms with Gasteiger partial charge in [0.15, 0.2) is 0 Å². The molecule has 18 heavy (non-hydrogen) atoms. The van der Waals surface area contributed by atoms with Crippen molar-refractivity contribution < 1.29 is 14.6 Å². The number of rotatable bonds is 6. The van der Waals surface area contributed by atoms with Crippen LogP contribution in [0.1, 0.15) is 33.1 Å². The first-order valence-electron chi connectivity index (χ1n) is 6.72. The van der Waals surface area contributed by atoms with E-state index in [1.165, 1.54) is 0 Å². The second-order valence-corrected chi connectivity index (χ2v) is 6.36. The minimum Gasteiger partial charge on any atom is -0.389 e.